The van der Waals surface area contributed by atoms with E-state index in [1.165, 1.54) is 18.7 Å². The third-order valence-corrected chi connectivity index (χ3v) is 3.82. The number of rotatable bonds is 4. The zero-order valence-corrected chi connectivity index (χ0v) is 13.5. The van der Waals surface area contributed by atoms with Gasteiger partial charge in [0.05, 0.1) is 5.02 Å². The second kappa shape index (κ2) is 6.87. The van der Waals surface area contributed by atoms with E-state index in [0.29, 0.717) is 15.9 Å². The minimum Gasteiger partial charge on any atom is -0.407 e. The van der Waals surface area contributed by atoms with Crippen LogP contribution in [0.5, 0.6) is 5.88 Å². The number of thioether (sulfide) groups is 1. The van der Waals surface area contributed by atoms with Crippen molar-refractivity contribution in [3.63, 3.8) is 0 Å². The van der Waals surface area contributed by atoms with Crippen LogP contribution in [0.25, 0.3) is 0 Å². The summed E-state index contributed by atoms with van der Waals surface area (Å²) in [6.45, 7) is 5.12. The normalized spacial score (nSPS) is 10.5. The summed E-state index contributed by atoms with van der Waals surface area (Å²) in [5.41, 5.74) is 2.75. The van der Waals surface area contributed by atoms with E-state index in [9.17, 15) is 4.79 Å². The average molecular weight is 324 g/mol. The van der Waals surface area contributed by atoms with Gasteiger partial charge in [-0.25, -0.2) is 4.98 Å². The largest absolute Gasteiger partial charge is 0.407 e. The highest BCUT2D eigenvalue weighted by molar-refractivity contribution is 7.98. The molecule has 2 heterocycles. The predicted octanol–water partition coefficient (Wildman–Crippen LogP) is 3.36. The fraction of sp³-hybridized carbons (Fsp3) is 0.286. The molecule has 0 unspecified atom stereocenters. The molecule has 2 aromatic rings. The Morgan fingerprint density at radius 3 is 2.76 bits per heavy atom. The third kappa shape index (κ3) is 4.41. The van der Waals surface area contributed by atoms with Crippen LogP contribution >= 0.6 is 23.4 Å². The number of hydrogen-bond donors (Lipinski definition) is 0. The van der Waals surface area contributed by atoms with E-state index in [2.05, 4.69) is 15.0 Å². The molecule has 0 saturated heterocycles. The summed E-state index contributed by atoms with van der Waals surface area (Å²) in [7, 11) is 0. The van der Waals surface area contributed by atoms with Crippen LogP contribution in [0.4, 0.5) is 0 Å². The predicted molar refractivity (Wildman–Crippen MR) is 81.6 cm³/mol. The third-order valence-electron chi connectivity index (χ3n) is 2.62. The molecule has 110 valence electrons. The van der Waals surface area contributed by atoms with Gasteiger partial charge in [0.2, 0.25) is 5.88 Å². The molecule has 0 N–H and O–H groups in total. The first-order valence-corrected chi connectivity index (χ1v) is 7.58. The van der Waals surface area contributed by atoms with Crippen LogP contribution in [0.2, 0.25) is 5.02 Å². The van der Waals surface area contributed by atoms with Crippen molar-refractivity contribution >= 4 is 29.3 Å². The van der Waals surface area contributed by atoms with Crippen LogP contribution in [0.3, 0.4) is 0 Å². The summed E-state index contributed by atoms with van der Waals surface area (Å²) in [6.07, 6.45) is 3.38. The molecule has 2 rings (SSSR count). The van der Waals surface area contributed by atoms with E-state index < -0.39 is 5.97 Å². The Labute approximate surface area is 132 Å². The summed E-state index contributed by atoms with van der Waals surface area (Å²) >= 11 is 7.57. The van der Waals surface area contributed by atoms with Gasteiger partial charge in [-0.3, -0.25) is 9.78 Å². The molecule has 0 aliphatic carbocycles. The van der Waals surface area contributed by atoms with Gasteiger partial charge < -0.3 is 4.74 Å². The Morgan fingerprint density at radius 2 is 2.10 bits per heavy atom. The van der Waals surface area contributed by atoms with Crippen molar-refractivity contribution in [1.82, 2.24) is 15.0 Å². The molecule has 5 nitrogen and oxygen atoms in total. The van der Waals surface area contributed by atoms with Crippen molar-refractivity contribution in [2.45, 2.75) is 31.7 Å². The number of ether oxygens (including phenoxy) is 1. The van der Waals surface area contributed by atoms with Crippen LogP contribution in [-0.2, 0) is 10.5 Å². The SMILES string of the molecule is CC(=O)Oc1cc(C)nc(SCc2c(C)cncc2Cl)n1. The maximum atomic E-state index is 11.0. The van der Waals surface area contributed by atoms with Gasteiger partial charge in [0, 0.05) is 36.8 Å². The Bertz CT molecular complexity index is 659. The van der Waals surface area contributed by atoms with Gasteiger partial charge in [-0.15, -0.1) is 0 Å². The van der Waals surface area contributed by atoms with Crippen molar-refractivity contribution in [2.24, 2.45) is 0 Å². The lowest BCUT2D eigenvalue weighted by Gasteiger charge is -2.08. The maximum Gasteiger partial charge on any atom is 0.309 e. The smallest absolute Gasteiger partial charge is 0.309 e. The number of pyridine rings is 1. The number of carbonyl (C=O) groups is 1. The molecule has 21 heavy (non-hydrogen) atoms. The molecule has 0 spiro atoms. The second-order valence-electron chi connectivity index (χ2n) is 4.43. The molecule has 2 aromatic heterocycles. The number of esters is 1. The Morgan fingerprint density at radius 1 is 1.33 bits per heavy atom. The van der Waals surface area contributed by atoms with Crippen LogP contribution < -0.4 is 4.74 Å². The molecule has 0 fully saturated rings. The highest BCUT2D eigenvalue weighted by Crippen LogP contribution is 2.27. The molecule has 0 saturated carbocycles. The monoisotopic (exact) mass is 323 g/mol. The summed E-state index contributed by atoms with van der Waals surface area (Å²) in [5, 5.41) is 1.16. The summed E-state index contributed by atoms with van der Waals surface area (Å²) in [4.78, 5) is 23.5. The molecule has 0 aliphatic rings. The van der Waals surface area contributed by atoms with Crippen molar-refractivity contribution in [1.29, 1.82) is 0 Å². The van der Waals surface area contributed by atoms with Crippen LogP contribution in [0, 0.1) is 13.8 Å². The fourth-order valence-electron chi connectivity index (χ4n) is 1.66. The summed E-state index contributed by atoms with van der Waals surface area (Å²) < 4.78 is 5.00. The van der Waals surface area contributed by atoms with Gasteiger partial charge >= 0.3 is 5.97 Å². The number of aromatic nitrogens is 3. The first-order valence-electron chi connectivity index (χ1n) is 6.21. The minimum absolute atomic E-state index is 0.259. The average Bonchev–Trinajstić information content (AvgIpc) is 2.36. The zero-order chi connectivity index (χ0) is 15.4. The van der Waals surface area contributed by atoms with Gasteiger partial charge in [0.1, 0.15) is 0 Å². The van der Waals surface area contributed by atoms with Crippen molar-refractivity contribution in [2.75, 3.05) is 0 Å². The minimum atomic E-state index is -0.405. The van der Waals surface area contributed by atoms with E-state index in [4.69, 9.17) is 16.3 Å². The molecular weight excluding hydrogens is 310 g/mol. The number of nitrogens with zero attached hydrogens (tertiary/aromatic N) is 3. The quantitative estimate of drug-likeness (QED) is 0.488. The van der Waals surface area contributed by atoms with Crippen LogP contribution in [0.15, 0.2) is 23.6 Å². The Hall–Kier alpha value is -1.66. The van der Waals surface area contributed by atoms with Crippen LogP contribution in [0.1, 0.15) is 23.7 Å². The van der Waals surface area contributed by atoms with Gasteiger partial charge in [0.15, 0.2) is 5.16 Å². The first-order chi connectivity index (χ1) is 9.95. The van der Waals surface area contributed by atoms with E-state index >= 15 is 0 Å². The second-order valence-corrected chi connectivity index (χ2v) is 5.78. The molecule has 7 heteroatoms. The highest BCUT2D eigenvalue weighted by Gasteiger charge is 2.09. The lowest BCUT2D eigenvalue weighted by molar-refractivity contribution is -0.132. The van der Waals surface area contributed by atoms with E-state index in [-0.39, 0.29) is 5.88 Å². The van der Waals surface area contributed by atoms with E-state index in [1.807, 2.05) is 13.8 Å². The molecule has 0 aromatic carbocycles. The Kier molecular flexibility index (Phi) is 5.14. The van der Waals surface area contributed by atoms with E-state index in [1.54, 1.807) is 18.5 Å². The first kappa shape index (κ1) is 15.7. The lowest BCUT2D eigenvalue weighted by atomic mass is 10.2. The summed E-state index contributed by atoms with van der Waals surface area (Å²) in [5.74, 6) is 0.475. The van der Waals surface area contributed by atoms with Crippen molar-refractivity contribution in [3.05, 3.63) is 40.3 Å². The van der Waals surface area contributed by atoms with E-state index in [0.717, 1.165) is 16.8 Å². The van der Waals surface area contributed by atoms with Gasteiger partial charge in [-0.1, -0.05) is 23.4 Å². The number of halogens is 1. The van der Waals surface area contributed by atoms with Gasteiger partial charge in [-0.05, 0) is 25.0 Å². The number of hydrogen-bond acceptors (Lipinski definition) is 6. The fourth-order valence-corrected chi connectivity index (χ4v) is 3.03. The molecule has 0 atom stereocenters. The molecule has 0 radical (unpaired) electrons. The molecule has 0 amide bonds. The standard InChI is InChI=1S/C14H14ClN3O2S/c1-8-5-16-6-12(15)11(8)7-21-14-17-9(2)4-13(18-14)20-10(3)19/h4-6H,7H2,1-3H3. The van der Waals surface area contributed by atoms with Gasteiger partial charge in [-0.2, -0.15) is 4.98 Å². The lowest BCUT2D eigenvalue weighted by Crippen LogP contribution is -2.05. The van der Waals surface area contributed by atoms with Crippen LogP contribution in [-0.4, -0.2) is 20.9 Å². The Balaban J connectivity index is 2.16. The number of carbonyl (C=O) groups excluding carboxylic acids is 1. The number of aryl methyl sites for hydroxylation is 2. The molecular formula is C14H14ClN3O2S. The topological polar surface area (TPSA) is 65.0 Å². The molecule has 0 aliphatic heterocycles. The molecule has 0 bridgehead atoms. The summed E-state index contributed by atoms with van der Waals surface area (Å²) in [6, 6.07) is 1.62. The van der Waals surface area contributed by atoms with Crippen molar-refractivity contribution in [3.8, 4) is 5.88 Å². The highest BCUT2D eigenvalue weighted by atomic mass is 35.5. The van der Waals surface area contributed by atoms with Crippen molar-refractivity contribution < 1.29 is 9.53 Å². The zero-order valence-electron chi connectivity index (χ0n) is 11.9. The maximum absolute atomic E-state index is 11.0. The van der Waals surface area contributed by atoms with Gasteiger partial charge in [0.25, 0.3) is 0 Å².